The monoisotopic (exact) mass is 482 g/mol. The molecule has 2 bridgehead atoms. The lowest BCUT2D eigenvalue weighted by Gasteiger charge is -2.52. The molecule has 4 nitrogen and oxygen atoms in total. The quantitative estimate of drug-likeness (QED) is 0.529. The van der Waals surface area contributed by atoms with Crippen molar-refractivity contribution in [3.8, 4) is 0 Å². The Morgan fingerprint density at radius 1 is 0.800 bits per heavy atom. The summed E-state index contributed by atoms with van der Waals surface area (Å²) in [6.07, 6.45) is 3.89. The fourth-order valence-electron chi connectivity index (χ4n) is 6.38. The predicted molar refractivity (Wildman–Crippen MR) is 142 cm³/mol. The van der Waals surface area contributed by atoms with Crippen LogP contribution in [0.1, 0.15) is 36.0 Å². The van der Waals surface area contributed by atoms with Crippen LogP contribution in [0.25, 0.3) is 0 Å². The number of rotatable bonds is 4. The fourth-order valence-corrected chi connectivity index (χ4v) is 8.82. The van der Waals surface area contributed by atoms with Crippen LogP contribution in [0.5, 0.6) is 0 Å². The molecule has 0 aliphatic carbocycles. The van der Waals surface area contributed by atoms with Crippen molar-refractivity contribution >= 4 is 35.6 Å². The van der Waals surface area contributed by atoms with Crippen molar-refractivity contribution in [2.24, 2.45) is 11.8 Å². The molecule has 0 N–H and O–H groups in total. The Labute approximate surface area is 208 Å². The SMILES string of the molecule is O=C(c1ccccc1P(c1ccccc1)c1ccccc1)N1C[C@@H]2C[C@H](C1)[C@@H]1CCCC(=O)N1C2. The molecule has 178 valence electrons. The molecule has 3 heterocycles. The minimum Gasteiger partial charge on any atom is -0.339 e. The van der Waals surface area contributed by atoms with Crippen LogP contribution < -0.4 is 15.9 Å². The molecule has 3 aliphatic heterocycles. The second-order valence-electron chi connectivity index (χ2n) is 10.1. The maximum absolute atomic E-state index is 14.1. The van der Waals surface area contributed by atoms with Crippen LogP contribution in [0.2, 0.25) is 0 Å². The Morgan fingerprint density at radius 2 is 1.46 bits per heavy atom. The van der Waals surface area contributed by atoms with Gasteiger partial charge in [0, 0.05) is 37.7 Å². The van der Waals surface area contributed by atoms with E-state index >= 15 is 0 Å². The highest BCUT2D eigenvalue weighted by molar-refractivity contribution is 7.80. The minimum absolute atomic E-state index is 0.144. The van der Waals surface area contributed by atoms with Gasteiger partial charge in [0.05, 0.1) is 0 Å². The molecule has 0 aromatic heterocycles. The van der Waals surface area contributed by atoms with Crippen LogP contribution in [0.3, 0.4) is 0 Å². The first-order valence-electron chi connectivity index (χ1n) is 12.8. The van der Waals surface area contributed by atoms with E-state index in [1.54, 1.807) is 0 Å². The molecule has 3 aromatic rings. The summed E-state index contributed by atoms with van der Waals surface area (Å²) in [5.41, 5.74) is 0.822. The van der Waals surface area contributed by atoms with E-state index in [1.165, 1.54) is 10.6 Å². The number of hydrogen-bond donors (Lipinski definition) is 0. The highest BCUT2D eigenvalue weighted by Crippen LogP contribution is 2.39. The van der Waals surface area contributed by atoms with Gasteiger partial charge in [0.25, 0.3) is 5.91 Å². The third-order valence-corrected chi connectivity index (χ3v) is 10.4. The van der Waals surface area contributed by atoms with Crippen molar-refractivity contribution in [3.63, 3.8) is 0 Å². The summed E-state index contributed by atoms with van der Waals surface area (Å²) in [7, 11) is -0.851. The van der Waals surface area contributed by atoms with Crippen molar-refractivity contribution in [2.45, 2.75) is 31.7 Å². The second-order valence-corrected chi connectivity index (χ2v) is 12.3. The highest BCUT2D eigenvalue weighted by Gasteiger charge is 2.45. The summed E-state index contributed by atoms with van der Waals surface area (Å²) in [5, 5.41) is 3.62. The molecule has 3 fully saturated rings. The van der Waals surface area contributed by atoms with Gasteiger partial charge in [-0.05, 0) is 61.0 Å². The van der Waals surface area contributed by atoms with Crippen LogP contribution in [-0.2, 0) is 4.79 Å². The largest absolute Gasteiger partial charge is 0.339 e. The lowest BCUT2D eigenvalue weighted by Crippen LogP contribution is -2.61. The second kappa shape index (κ2) is 9.59. The van der Waals surface area contributed by atoms with Gasteiger partial charge in [-0.2, -0.15) is 0 Å². The van der Waals surface area contributed by atoms with Crippen molar-refractivity contribution in [1.29, 1.82) is 0 Å². The maximum Gasteiger partial charge on any atom is 0.254 e. The maximum atomic E-state index is 14.1. The molecule has 6 rings (SSSR count). The zero-order valence-corrected chi connectivity index (χ0v) is 20.8. The number of likely N-dealkylation sites (tertiary alicyclic amines) is 1. The fraction of sp³-hybridized carbons (Fsp3) is 0.333. The molecule has 0 saturated carbocycles. The van der Waals surface area contributed by atoms with Gasteiger partial charge in [0.1, 0.15) is 0 Å². The molecule has 2 amide bonds. The number of carbonyl (C=O) groups excluding carboxylic acids is 2. The smallest absolute Gasteiger partial charge is 0.254 e. The third kappa shape index (κ3) is 4.29. The first kappa shape index (κ1) is 22.5. The van der Waals surface area contributed by atoms with Crippen molar-refractivity contribution in [1.82, 2.24) is 9.80 Å². The summed E-state index contributed by atoms with van der Waals surface area (Å²) in [6.45, 7) is 2.31. The van der Waals surface area contributed by atoms with Crippen molar-refractivity contribution in [3.05, 3.63) is 90.5 Å². The molecule has 3 atom stereocenters. The predicted octanol–water partition coefficient (Wildman–Crippen LogP) is 3.92. The molecule has 3 saturated heterocycles. The molecule has 0 radical (unpaired) electrons. The number of nitrogens with zero attached hydrogens (tertiary/aromatic N) is 2. The Balaban J connectivity index is 1.34. The highest BCUT2D eigenvalue weighted by atomic mass is 31.1. The Bertz CT molecular complexity index is 1180. The number of benzene rings is 3. The van der Waals surface area contributed by atoms with Gasteiger partial charge in [-0.1, -0.05) is 78.9 Å². The third-order valence-electron chi connectivity index (χ3n) is 7.87. The Kier molecular flexibility index (Phi) is 6.16. The number of fused-ring (bicyclic) bond motifs is 4. The summed E-state index contributed by atoms with van der Waals surface area (Å²) in [5.74, 6) is 1.24. The minimum atomic E-state index is -0.851. The number of carbonyl (C=O) groups is 2. The summed E-state index contributed by atoms with van der Waals surface area (Å²) in [6, 6.07) is 29.7. The Morgan fingerprint density at radius 3 is 2.17 bits per heavy atom. The van der Waals surface area contributed by atoms with E-state index < -0.39 is 7.92 Å². The van der Waals surface area contributed by atoms with Gasteiger partial charge in [0.15, 0.2) is 0 Å². The van der Waals surface area contributed by atoms with E-state index in [0.717, 1.165) is 49.8 Å². The van der Waals surface area contributed by atoms with Crippen molar-refractivity contribution in [2.75, 3.05) is 19.6 Å². The molecule has 5 heteroatoms. The lowest BCUT2D eigenvalue weighted by molar-refractivity contribution is -0.144. The van der Waals surface area contributed by atoms with Crippen LogP contribution >= 0.6 is 7.92 Å². The topological polar surface area (TPSA) is 40.6 Å². The van der Waals surface area contributed by atoms with Gasteiger partial charge in [0.2, 0.25) is 5.91 Å². The van der Waals surface area contributed by atoms with E-state index in [0.29, 0.717) is 30.2 Å². The zero-order valence-electron chi connectivity index (χ0n) is 19.9. The van der Waals surface area contributed by atoms with Crippen LogP contribution in [0.15, 0.2) is 84.9 Å². The molecular formula is C30H31N2O2P. The number of piperidine rings is 3. The number of hydrogen-bond acceptors (Lipinski definition) is 2. The normalized spacial score (nSPS) is 23.8. The van der Waals surface area contributed by atoms with Gasteiger partial charge in [-0.3, -0.25) is 9.59 Å². The molecule has 0 spiro atoms. The first-order chi connectivity index (χ1) is 17.2. The average molecular weight is 483 g/mol. The van der Waals surface area contributed by atoms with E-state index in [2.05, 4.69) is 70.5 Å². The molecule has 3 aliphatic rings. The summed E-state index contributed by atoms with van der Waals surface area (Å²) in [4.78, 5) is 30.9. The number of amides is 2. The zero-order chi connectivity index (χ0) is 23.8. The van der Waals surface area contributed by atoms with Gasteiger partial charge in [-0.25, -0.2) is 0 Å². The molecular weight excluding hydrogens is 451 g/mol. The van der Waals surface area contributed by atoms with Gasteiger partial charge >= 0.3 is 0 Å². The molecule has 0 unspecified atom stereocenters. The average Bonchev–Trinajstić information content (AvgIpc) is 2.91. The van der Waals surface area contributed by atoms with Crippen LogP contribution in [0, 0.1) is 11.8 Å². The van der Waals surface area contributed by atoms with E-state index in [1.807, 2.05) is 24.3 Å². The molecule has 35 heavy (non-hydrogen) atoms. The standard InChI is InChI=1S/C30H31N2O2P/c33-29-17-9-15-27-23-18-22(20-32(27)29)19-31(21-23)30(34)26-14-7-8-16-28(26)35(24-10-3-1-4-11-24)25-12-5-2-6-13-25/h1-8,10-14,16,22-23,27H,9,15,17-21H2/t22-,23+,27-/m0/s1. The molecule has 3 aromatic carbocycles. The van der Waals surface area contributed by atoms with Crippen LogP contribution in [-0.4, -0.2) is 47.3 Å². The van der Waals surface area contributed by atoms with Gasteiger partial charge < -0.3 is 9.80 Å². The van der Waals surface area contributed by atoms with Crippen LogP contribution in [0.4, 0.5) is 0 Å². The van der Waals surface area contributed by atoms with E-state index in [9.17, 15) is 9.59 Å². The Hall–Kier alpha value is -2.97. The van der Waals surface area contributed by atoms with E-state index in [4.69, 9.17) is 0 Å². The summed E-state index contributed by atoms with van der Waals surface area (Å²) < 4.78 is 0. The lowest BCUT2D eigenvalue weighted by atomic mass is 9.76. The van der Waals surface area contributed by atoms with Gasteiger partial charge in [-0.15, -0.1) is 0 Å². The van der Waals surface area contributed by atoms with E-state index in [-0.39, 0.29) is 5.91 Å². The van der Waals surface area contributed by atoms with Crippen molar-refractivity contribution < 1.29 is 9.59 Å². The first-order valence-corrected chi connectivity index (χ1v) is 14.1. The summed E-state index contributed by atoms with van der Waals surface area (Å²) >= 11 is 0.